The number of ether oxygens (including phenoxy) is 1. The van der Waals surface area contributed by atoms with Crippen molar-refractivity contribution in [2.45, 2.75) is 6.92 Å². The van der Waals surface area contributed by atoms with Gasteiger partial charge in [0.1, 0.15) is 0 Å². The van der Waals surface area contributed by atoms with Gasteiger partial charge in [0.2, 0.25) is 0 Å². The van der Waals surface area contributed by atoms with Crippen LogP contribution in [0.15, 0.2) is 22.1 Å². The zero-order valence-corrected chi connectivity index (χ0v) is 6.37. The normalized spacial score (nSPS) is 17.1. The molecule has 0 bridgehead atoms. The maximum absolute atomic E-state index is 5.52. The number of rotatable bonds is 0. The third-order valence-corrected chi connectivity index (χ3v) is 1.11. The van der Waals surface area contributed by atoms with Crippen molar-refractivity contribution in [2.75, 3.05) is 7.11 Å². The summed E-state index contributed by atoms with van der Waals surface area (Å²) in [6.07, 6.45) is 1.62. The summed E-state index contributed by atoms with van der Waals surface area (Å²) in [5.41, 5.74) is 6.58. The minimum absolute atomic E-state index is 0.241. The van der Waals surface area contributed by atoms with Crippen LogP contribution in [0.4, 0.5) is 0 Å². The molecule has 0 aromatic rings. The molecule has 5 nitrogen and oxygen atoms in total. The molecule has 5 heteroatoms. The molecule has 0 amide bonds. The van der Waals surface area contributed by atoms with E-state index in [4.69, 9.17) is 10.5 Å². The minimum atomic E-state index is 0.241. The Bertz CT molecular complexity index is 242. The van der Waals surface area contributed by atoms with Crippen molar-refractivity contribution in [1.29, 1.82) is 0 Å². The van der Waals surface area contributed by atoms with Crippen LogP contribution >= 0.6 is 0 Å². The lowest BCUT2D eigenvalue weighted by molar-refractivity contribution is 0.147. The second kappa shape index (κ2) is 3.05. The number of oxime groups is 2. The lowest BCUT2D eigenvalue weighted by Gasteiger charge is -1.99. The van der Waals surface area contributed by atoms with Crippen LogP contribution in [0.3, 0.4) is 0 Å². The molecular weight excluding hydrogens is 146 g/mol. The molecule has 0 aromatic heterocycles. The van der Waals surface area contributed by atoms with Crippen LogP contribution in [-0.2, 0) is 9.68 Å². The Kier molecular flexibility index (Phi) is 2.10. The number of nitrogens with zero attached hydrogens (tertiary/aromatic N) is 2. The van der Waals surface area contributed by atoms with Crippen LogP contribution < -0.4 is 5.73 Å². The molecule has 2 N–H and O–H groups in total. The molecule has 0 saturated carbocycles. The molecule has 1 aliphatic rings. The zero-order chi connectivity index (χ0) is 8.27. The Morgan fingerprint density at radius 1 is 1.55 bits per heavy atom. The van der Waals surface area contributed by atoms with E-state index < -0.39 is 0 Å². The van der Waals surface area contributed by atoms with Crippen molar-refractivity contribution in [2.24, 2.45) is 16.0 Å². The number of hydrogen-bond acceptors (Lipinski definition) is 5. The fourth-order valence-corrected chi connectivity index (χ4v) is 0.643. The highest BCUT2D eigenvalue weighted by atomic mass is 16.8. The van der Waals surface area contributed by atoms with E-state index in [0.29, 0.717) is 11.4 Å². The van der Waals surface area contributed by atoms with E-state index in [1.54, 1.807) is 13.0 Å². The smallest absolute Gasteiger partial charge is 0.276 e. The third-order valence-electron chi connectivity index (χ3n) is 1.11. The van der Waals surface area contributed by atoms with Gasteiger partial charge in [-0.05, 0) is 18.2 Å². The SMILES string of the molecule is COC1=NON=C(C)C=C1N. The third kappa shape index (κ3) is 1.70. The van der Waals surface area contributed by atoms with Crippen LogP contribution in [0.2, 0.25) is 0 Å². The van der Waals surface area contributed by atoms with Crippen LogP contribution in [0.25, 0.3) is 0 Å². The first-order chi connectivity index (χ1) is 5.24. The van der Waals surface area contributed by atoms with Crippen LogP contribution in [-0.4, -0.2) is 18.7 Å². The monoisotopic (exact) mass is 155 g/mol. The van der Waals surface area contributed by atoms with E-state index in [1.165, 1.54) is 7.11 Å². The summed E-state index contributed by atoms with van der Waals surface area (Å²) in [5, 5.41) is 7.05. The Morgan fingerprint density at radius 2 is 2.27 bits per heavy atom. The molecule has 11 heavy (non-hydrogen) atoms. The van der Waals surface area contributed by atoms with Gasteiger partial charge in [-0.2, -0.15) is 0 Å². The van der Waals surface area contributed by atoms with Crippen LogP contribution in [0.5, 0.6) is 0 Å². The summed E-state index contributed by atoms with van der Waals surface area (Å²) in [4.78, 5) is 4.50. The topological polar surface area (TPSA) is 69.2 Å². The van der Waals surface area contributed by atoms with Gasteiger partial charge in [0, 0.05) is 0 Å². The summed E-state index contributed by atoms with van der Waals surface area (Å²) in [7, 11) is 1.46. The first-order valence-electron chi connectivity index (χ1n) is 3.04. The van der Waals surface area contributed by atoms with Crippen molar-refractivity contribution >= 4 is 11.6 Å². The highest BCUT2D eigenvalue weighted by molar-refractivity contribution is 6.02. The predicted molar refractivity (Wildman–Crippen MR) is 40.9 cm³/mol. The highest BCUT2D eigenvalue weighted by Gasteiger charge is 2.07. The van der Waals surface area contributed by atoms with E-state index in [2.05, 4.69) is 15.2 Å². The molecule has 0 aromatic carbocycles. The lowest BCUT2D eigenvalue weighted by atomic mass is 10.3. The van der Waals surface area contributed by atoms with E-state index in [1.807, 2.05) is 0 Å². The van der Waals surface area contributed by atoms with Crippen molar-refractivity contribution in [1.82, 2.24) is 0 Å². The molecule has 1 rings (SSSR count). The predicted octanol–water partition coefficient (Wildman–Crippen LogP) is 0.195. The average molecular weight is 155 g/mol. The van der Waals surface area contributed by atoms with E-state index >= 15 is 0 Å². The molecule has 0 unspecified atom stereocenters. The van der Waals surface area contributed by atoms with E-state index in [-0.39, 0.29) is 5.90 Å². The van der Waals surface area contributed by atoms with Gasteiger partial charge >= 0.3 is 0 Å². The van der Waals surface area contributed by atoms with Gasteiger partial charge in [-0.1, -0.05) is 5.16 Å². The molecule has 60 valence electrons. The van der Waals surface area contributed by atoms with Gasteiger partial charge in [-0.15, -0.1) is 0 Å². The Hall–Kier alpha value is -1.52. The molecule has 1 heterocycles. The highest BCUT2D eigenvalue weighted by Crippen LogP contribution is 1.99. The molecule has 0 saturated heterocycles. The van der Waals surface area contributed by atoms with Gasteiger partial charge in [0.15, 0.2) is 0 Å². The van der Waals surface area contributed by atoms with Crippen molar-refractivity contribution < 1.29 is 9.68 Å². The van der Waals surface area contributed by atoms with Gasteiger partial charge in [0.25, 0.3) is 5.90 Å². The molecule has 0 spiro atoms. The number of methoxy groups -OCH3 is 1. The van der Waals surface area contributed by atoms with Crippen molar-refractivity contribution in [3.8, 4) is 0 Å². The van der Waals surface area contributed by atoms with Crippen LogP contribution in [0, 0.1) is 0 Å². The van der Waals surface area contributed by atoms with Crippen molar-refractivity contribution in [3.05, 3.63) is 11.8 Å². The summed E-state index contributed by atoms with van der Waals surface area (Å²) in [6.45, 7) is 1.75. The Labute approximate surface area is 64.1 Å². The molecule has 0 atom stereocenters. The second-order valence-corrected chi connectivity index (χ2v) is 2.01. The second-order valence-electron chi connectivity index (χ2n) is 2.01. The Balaban J connectivity index is 2.88. The van der Waals surface area contributed by atoms with Crippen molar-refractivity contribution in [3.63, 3.8) is 0 Å². The molecule has 0 aliphatic carbocycles. The molecule has 0 fully saturated rings. The maximum atomic E-state index is 5.52. The first kappa shape index (κ1) is 7.59. The molecule has 0 radical (unpaired) electrons. The average Bonchev–Trinajstić information content (AvgIpc) is 2.11. The minimum Gasteiger partial charge on any atom is -0.477 e. The Morgan fingerprint density at radius 3 is 2.91 bits per heavy atom. The summed E-state index contributed by atoms with van der Waals surface area (Å²) in [6, 6.07) is 0. The van der Waals surface area contributed by atoms with Gasteiger partial charge in [-0.25, -0.2) is 4.94 Å². The van der Waals surface area contributed by atoms with Crippen LogP contribution in [0.1, 0.15) is 6.92 Å². The summed E-state index contributed by atoms with van der Waals surface area (Å²) in [5.74, 6) is 0.241. The largest absolute Gasteiger partial charge is 0.477 e. The van der Waals surface area contributed by atoms with Gasteiger partial charge < -0.3 is 10.5 Å². The number of nitrogens with two attached hydrogens (primary N) is 1. The fourth-order valence-electron chi connectivity index (χ4n) is 0.643. The quantitative estimate of drug-likeness (QED) is 0.543. The van der Waals surface area contributed by atoms with Gasteiger partial charge in [-0.3, -0.25) is 0 Å². The zero-order valence-electron chi connectivity index (χ0n) is 6.37. The fraction of sp³-hybridized carbons (Fsp3) is 0.333. The standard InChI is InChI=1S/C6H9N3O2/c1-4-3-5(7)6(10-2)9-11-8-4/h3H,7H2,1-2H3. The molecule has 1 aliphatic heterocycles. The molecular formula is C6H9N3O2. The number of hydrogen-bond donors (Lipinski definition) is 1. The van der Waals surface area contributed by atoms with E-state index in [0.717, 1.165) is 0 Å². The lowest BCUT2D eigenvalue weighted by Crippen LogP contribution is -2.13. The maximum Gasteiger partial charge on any atom is 0.276 e. The first-order valence-corrected chi connectivity index (χ1v) is 3.04. The van der Waals surface area contributed by atoms with E-state index in [9.17, 15) is 0 Å². The van der Waals surface area contributed by atoms with Gasteiger partial charge in [0.05, 0.1) is 18.5 Å². The summed E-state index contributed by atoms with van der Waals surface area (Å²) < 4.78 is 4.79. The summed E-state index contributed by atoms with van der Waals surface area (Å²) >= 11 is 0. The number of allylic oxidation sites excluding steroid dienone is 1.